The van der Waals surface area contributed by atoms with Gasteiger partial charge in [-0.3, -0.25) is 9.59 Å². The molecule has 5 atom stereocenters. The first-order valence-electron chi connectivity index (χ1n) is 7.97. The molecule has 116 valence electrons. The Labute approximate surface area is 125 Å². The van der Waals surface area contributed by atoms with Gasteiger partial charge in [0.2, 0.25) is 5.91 Å². The fourth-order valence-corrected chi connectivity index (χ4v) is 4.25. The lowest BCUT2D eigenvalue weighted by molar-refractivity contribution is -0.147. The molecule has 1 saturated carbocycles. The molecule has 1 heterocycles. The first-order chi connectivity index (χ1) is 10.1. The van der Waals surface area contributed by atoms with Crippen LogP contribution in [0.2, 0.25) is 0 Å². The molecule has 0 spiro atoms. The van der Waals surface area contributed by atoms with Gasteiger partial charge in [-0.25, -0.2) is 0 Å². The number of hydrogen-bond acceptors (Lipinski definition) is 3. The molecule has 5 nitrogen and oxygen atoms in total. The second kappa shape index (κ2) is 5.79. The lowest BCUT2D eigenvalue weighted by atomic mass is 9.82. The van der Waals surface area contributed by atoms with Gasteiger partial charge in [0.05, 0.1) is 11.8 Å². The molecule has 3 aliphatic rings. The second-order valence-corrected chi connectivity index (χ2v) is 6.71. The van der Waals surface area contributed by atoms with Gasteiger partial charge in [-0.1, -0.05) is 18.6 Å². The molecule has 2 aliphatic carbocycles. The molecular formula is C16H24N2O3. The molecule has 1 saturated heterocycles. The number of likely N-dealkylation sites (tertiary alicyclic amines) is 1. The Balaban J connectivity index is 1.60. The van der Waals surface area contributed by atoms with Crippen molar-refractivity contribution in [1.82, 2.24) is 10.2 Å². The monoisotopic (exact) mass is 292 g/mol. The number of carboxylic acid groups (broad SMARTS) is 1. The number of fused-ring (bicyclic) bond motifs is 2. The Hall–Kier alpha value is -1.36. The average Bonchev–Trinajstić information content (AvgIpc) is 3.06. The fraction of sp³-hybridized carbons (Fsp3) is 0.750. The van der Waals surface area contributed by atoms with Gasteiger partial charge < -0.3 is 15.3 Å². The Morgan fingerprint density at radius 3 is 2.62 bits per heavy atom. The van der Waals surface area contributed by atoms with Crippen LogP contribution in [0.15, 0.2) is 12.2 Å². The van der Waals surface area contributed by atoms with E-state index >= 15 is 0 Å². The van der Waals surface area contributed by atoms with Crippen molar-refractivity contribution in [2.45, 2.75) is 31.7 Å². The highest BCUT2D eigenvalue weighted by Crippen LogP contribution is 2.48. The standard InChI is InChI=1S/C16H24N2O3/c1-18-7-3-2-4-12(18)9-17-15(19)13-10-5-6-11(8-10)14(13)16(20)21/h5-6,10-14H,2-4,7-9H2,1H3,(H,17,19)(H,20,21). The van der Waals surface area contributed by atoms with E-state index in [1.165, 1.54) is 12.8 Å². The smallest absolute Gasteiger partial charge is 0.307 e. The summed E-state index contributed by atoms with van der Waals surface area (Å²) in [5.41, 5.74) is 0. The zero-order valence-electron chi connectivity index (χ0n) is 12.5. The Kier molecular flexibility index (Phi) is 4.02. The van der Waals surface area contributed by atoms with Gasteiger partial charge in [-0.15, -0.1) is 0 Å². The van der Waals surface area contributed by atoms with Crippen LogP contribution in [-0.2, 0) is 9.59 Å². The molecule has 1 amide bonds. The van der Waals surface area contributed by atoms with Crippen molar-refractivity contribution in [3.8, 4) is 0 Å². The van der Waals surface area contributed by atoms with E-state index in [1.54, 1.807) is 0 Å². The maximum absolute atomic E-state index is 12.5. The number of hydrogen-bond donors (Lipinski definition) is 2. The van der Waals surface area contributed by atoms with Gasteiger partial charge in [0.25, 0.3) is 0 Å². The number of nitrogens with one attached hydrogen (secondary N) is 1. The number of amides is 1. The SMILES string of the molecule is CN1CCCCC1CNC(=O)C1C2C=CC(C2)C1C(=O)O. The number of nitrogens with zero attached hydrogens (tertiary/aromatic N) is 1. The predicted molar refractivity (Wildman–Crippen MR) is 78.6 cm³/mol. The van der Waals surface area contributed by atoms with E-state index in [2.05, 4.69) is 17.3 Å². The Morgan fingerprint density at radius 1 is 1.24 bits per heavy atom. The molecule has 2 bridgehead atoms. The third-order valence-corrected chi connectivity index (χ3v) is 5.48. The number of likely N-dealkylation sites (N-methyl/N-ethyl adjacent to an activating group) is 1. The summed E-state index contributed by atoms with van der Waals surface area (Å²) in [4.78, 5) is 26.2. The van der Waals surface area contributed by atoms with Crippen molar-refractivity contribution < 1.29 is 14.7 Å². The first-order valence-corrected chi connectivity index (χ1v) is 7.97. The van der Waals surface area contributed by atoms with Gasteiger partial charge in [0.1, 0.15) is 0 Å². The molecule has 2 N–H and O–H groups in total. The highest BCUT2D eigenvalue weighted by molar-refractivity contribution is 5.86. The third-order valence-electron chi connectivity index (χ3n) is 5.48. The molecule has 5 heteroatoms. The van der Waals surface area contributed by atoms with Crippen molar-refractivity contribution in [3.63, 3.8) is 0 Å². The summed E-state index contributed by atoms with van der Waals surface area (Å²) in [6, 6.07) is 0.389. The van der Waals surface area contributed by atoms with Gasteiger partial charge in [0.15, 0.2) is 0 Å². The van der Waals surface area contributed by atoms with Crippen LogP contribution in [0.5, 0.6) is 0 Å². The summed E-state index contributed by atoms with van der Waals surface area (Å²) in [6.07, 6.45) is 8.36. The van der Waals surface area contributed by atoms with Crippen molar-refractivity contribution in [1.29, 1.82) is 0 Å². The topological polar surface area (TPSA) is 69.6 Å². The van der Waals surface area contributed by atoms with E-state index in [-0.39, 0.29) is 23.7 Å². The summed E-state index contributed by atoms with van der Waals surface area (Å²) in [5, 5.41) is 12.4. The maximum atomic E-state index is 12.5. The first kappa shape index (κ1) is 14.6. The number of aliphatic carboxylic acids is 1. The average molecular weight is 292 g/mol. The zero-order chi connectivity index (χ0) is 15.0. The Morgan fingerprint density at radius 2 is 1.95 bits per heavy atom. The number of carboxylic acids is 1. The van der Waals surface area contributed by atoms with Crippen LogP contribution < -0.4 is 5.32 Å². The highest BCUT2D eigenvalue weighted by atomic mass is 16.4. The third kappa shape index (κ3) is 2.71. The van der Waals surface area contributed by atoms with Gasteiger partial charge in [0, 0.05) is 12.6 Å². The minimum absolute atomic E-state index is 0.0422. The molecule has 0 radical (unpaired) electrons. The molecule has 21 heavy (non-hydrogen) atoms. The zero-order valence-corrected chi connectivity index (χ0v) is 12.5. The summed E-state index contributed by atoms with van der Waals surface area (Å²) in [5.74, 6) is -1.67. The van der Waals surface area contributed by atoms with Gasteiger partial charge in [-0.05, 0) is 44.7 Å². The molecule has 0 aromatic rings. The molecule has 1 aliphatic heterocycles. The molecule has 0 aromatic carbocycles. The van der Waals surface area contributed by atoms with Crippen LogP contribution in [0.1, 0.15) is 25.7 Å². The Bertz CT molecular complexity index is 462. The number of carbonyl (C=O) groups excluding carboxylic acids is 1. The van der Waals surface area contributed by atoms with Crippen molar-refractivity contribution >= 4 is 11.9 Å². The van der Waals surface area contributed by atoms with Crippen LogP contribution in [-0.4, -0.2) is 48.1 Å². The number of piperidine rings is 1. The number of carbonyl (C=O) groups is 2. The number of rotatable bonds is 4. The molecular weight excluding hydrogens is 268 g/mol. The largest absolute Gasteiger partial charge is 0.481 e. The van der Waals surface area contributed by atoms with Crippen molar-refractivity contribution in [2.24, 2.45) is 23.7 Å². The predicted octanol–water partition coefficient (Wildman–Crippen LogP) is 1.11. The lowest BCUT2D eigenvalue weighted by Crippen LogP contribution is -2.47. The van der Waals surface area contributed by atoms with Crippen molar-refractivity contribution in [2.75, 3.05) is 20.1 Å². The van der Waals surface area contributed by atoms with Gasteiger partial charge >= 0.3 is 5.97 Å². The summed E-state index contributed by atoms with van der Waals surface area (Å²) in [7, 11) is 2.09. The summed E-state index contributed by atoms with van der Waals surface area (Å²) < 4.78 is 0. The van der Waals surface area contributed by atoms with E-state index in [4.69, 9.17) is 0 Å². The summed E-state index contributed by atoms with van der Waals surface area (Å²) in [6.45, 7) is 1.72. The molecule has 3 rings (SSSR count). The van der Waals surface area contributed by atoms with E-state index in [9.17, 15) is 14.7 Å². The molecule has 2 fully saturated rings. The van der Waals surface area contributed by atoms with Crippen LogP contribution in [0.3, 0.4) is 0 Å². The highest BCUT2D eigenvalue weighted by Gasteiger charge is 2.51. The van der Waals surface area contributed by atoms with Crippen LogP contribution in [0, 0.1) is 23.7 Å². The minimum Gasteiger partial charge on any atom is -0.481 e. The quantitative estimate of drug-likeness (QED) is 0.762. The van der Waals surface area contributed by atoms with E-state index in [0.29, 0.717) is 12.6 Å². The van der Waals surface area contributed by atoms with Crippen molar-refractivity contribution in [3.05, 3.63) is 12.2 Å². The van der Waals surface area contributed by atoms with Crippen LogP contribution >= 0.6 is 0 Å². The van der Waals surface area contributed by atoms with E-state index in [0.717, 1.165) is 19.4 Å². The van der Waals surface area contributed by atoms with E-state index < -0.39 is 11.9 Å². The maximum Gasteiger partial charge on any atom is 0.307 e. The van der Waals surface area contributed by atoms with Crippen LogP contribution in [0.4, 0.5) is 0 Å². The summed E-state index contributed by atoms with van der Waals surface area (Å²) >= 11 is 0. The second-order valence-electron chi connectivity index (χ2n) is 6.71. The van der Waals surface area contributed by atoms with Crippen LogP contribution in [0.25, 0.3) is 0 Å². The normalized spacial score (nSPS) is 38.6. The number of allylic oxidation sites excluding steroid dienone is 2. The van der Waals surface area contributed by atoms with E-state index in [1.807, 2.05) is 12.2 Å². The molecule has 0 aromatic heterocycles. The van der Waals surface area contributed by atoms with Gasteiger partial charge in [-0.2, -0.15) is 0 Å². The molecule has 5 unspecified atom stereocenters. The fourth-order valence-electron chi connectivity index (χ4n) is 4.25. The minimum atomic E-state index is -0.832. The lowest BCUT2D eigenvalue weighted by Gasteiger charge is -2.33.